The number of rotatable bonds is 5. The van der Waals surface area contributed by atoms with Crippen molar-refractivity contribution in [3.05, 3.63) is 54.4 Å². The molecule has 1 saturated heterocycles. The summed E-state index contributed by atoms with van der Waals surface area (Å²) < 4.78 is 5.19. The van der Waals surface area contributed by atoms with E-state index in [1.54, 1.807) is 30.5 Å². The minimum atomic E-state index is -0.187. The van der Waals surface area contributed by atoms with Crippen LogP contribution in [-0.2, 0) is 16.0 Å². The second-order valence-electron chi connectivity index (χ2n) is 5.71. The Bertz CT molecular complexity index is 733. The molecule has 2 heterocycles. The van der Waals surface area contributed by atoms with Gasteiger partial charge in [-0.3, -0.25) is 14.6 Å². The van der Waals surface area contributed by atoms with E-state index in [1.165, 1.54) is 0 Å². The molecule has 24 heavy (non-hydrogen) atoms. The number of nitrogens with zero attached hydrogens (tertiary/aromatic N) is 2. The summed E-state index contributed by atoms with van der Waals surface area (Å²) in [4.78, 5) is 30.1. The van der Waals surface area contributed by atoms with Crippen LogP contribution in [0.1, 0.15) is 12.0 Å². The van der Waals surface area contributed by atoms with Crippen molar-refractivity contribution < 1.29 is 14.3 Å². The topological polar surface area (TPSA) is 71.5 Å². The predicted molar refractivity (Wildman–Crippen MR) is 89.8 cm³/mol. The van der Waals surface area contributed by atoms with Crippen LogP contribution in [0.2, 0.25) is 0 Å². The molecule has 0 saturated carbocycles. The normalized spacial score (nSPS) is 17.0. The van der Waals surface area contributed by atoms with E-state index in [4.69, 9.17) is 4.74 Å². The summed E-state index contributed by atoms with van der Waals surface area (Å²) in [6.45, 7) is 0.463. The molecular formula is C18H19N3O3. The van der Waals surface area contributed by atoms with Gasteiger partial charge in [0.05, 0.1) is 19.6 Å². The first-order valence-electron chi connectivity index (χ1n) is 7.78. The van der Waals surface area contributed by atoms with Gasteiger partial charge in [0.2, 0.25) is 11.8 Å². The van der Waals surface area contributed by atoms with Crippen molar-refractivity contribution in [1.82, 2.24) is 10.3 Å². The first kappa shape index (κ1) is 16.0. The number of aromatic nitrogens is 1. The number of anilines is 1. The molecule has 0 spiro atoms. The Kier molecular flexibility index (Phi) is 4.74. The van der Waals surface area contributed by atoms with Crippen LogP contribution in [0.3, 0.4) is 0 Å². The van der Waals surface area contributed by atoms with E-state index in [0.29, 0.717) is 18.7 Å². The van der Waals surface area contributed by atoms with Crippen molar-refractivity contribution in [2.75, 3.05) is 18.6 Å². The fourth-order valence-corrected chi connectivity index (χ4v) is 2.80. The van der Waals surface area contributed by atoms with Gasteiger partial charge in [0.25, 0.3) is 0 Å². The van der Waals surface area contributed by atoms with Crippen molar-refractivity contribution in [3.63, 3.8) is 0 Å². The highest BCUT2D eigenvalue weighted by molar-refractivity contribution is 5.97. The molecule has 2 aromatic rings. The zero-order valence-corrected chi connectivity index (χ0v) is 13.4. The van der Waals surface area contributed by atoms with Crippen LogP contribution in [0.4, 0.5) is 5.69 Å². The molecule has 2 amide bonds. The molecule has 1 fully saturated rings. The largest absolute Gasteiger partial charge is 0.497 e. The third-order valence-corrected chi connectivity index (χ3v) is 3.94. The van der Waals surface area contributed by atoms with Gasteiger partial charge in [0.15, 0.2) is 0 Å². The van der Waals surface area contributed by atoms with Gasteiger partial charge in [-0.2, -0.15) is 0 Å². The van der Waals surface area contributed by atoms with E-state index in [1.807, 2.05) is 30.3 Å². The molecule has 1 N–H and O–H groups in total. The number of methoxy groups -OCH3 is 1. The highest BCUT2D eigenvalue weighted by Crippen LogP contribution is 2.25. The fourth-order valence-electron chi connectivity index (χ4n) is 2.80. The van der Waals surface area contributed by atoms with E-state index in [9.17, 15) is 9.59 Å². The number of ether oxygens (including phenoxy) is 1. The number of amides is 2. The number of benzene rings is 1. The molecule has 0 bridgehead atoms. The number of hydrogen-bond acceptors (Lipinski definition) is 4. The van der Waals surface area contributed by atoms with Crippen LogP contribution in [0.5, 0.6) is 5.75 Å². The molecule has 0 unspecified atom stereocenters. The summed E-state index contributed by atoms with van der Waals surface area (Å²) in [5.74, 6) is 0.590. The molecule has 0 radical (unpaired) electrons. The SMILES string of the molecule is COc1cccc(N2C[C@H](NC(=O)Cc3cccnc3)CC2=O)c1. The molecule has 124 valence electrons. The lowest BCUT2D eigenvalue weighted by Gasteiger charge is -2.18. The number of carbonyl (C=O) groups excluding carboxylic acids is 2. The summed E-state index contributed by atoms with van der Waals surface area (Å²) in [5.41, 5.74) is 1.63. The minimum Gasteiger partial charge on any atom is -0.497 e. The molecule has 3 rings (SSSR count). The first-order valence-corrected chi connectivity index (χ1v) is 7.78. The minimum absolute atomic E-state index is 0.00469. The van der Waals surface area contributed by atoms with E-state index < -0.39 is 0 Å². The molecule has 1 aliphatic heterocycles. The zero-order chi connectivity index (χ0) is 16.9. The Morgan fingerprint density at radius 1 is 1.38 bits per heavy atom. The van der Waals surface area contributed by atoms with Crippen LogP contribution < -0.4 is 15.0 Å². The number of carbonyl (C=O) groups is 2. The molecule has 1 aromatic carbocycles. The standard InChI is InChI=1S/C18H19N3O3/c1-24-16-6-2-5-15(10-16)21-12-14(9-18(21)23)20-17(22)8-13-4-3-7-19-11-13/h2-7,10-11,14H,8-9,12H2,1H3,(H,20,22)/t14-/m1/s1. The lowest BCUT2D eigenvalue weighted by atomic mass is 10.2. The van der Waals surface area contributed by atoms with Crippen LogP contribution in [0.15, 0.2) is 48.8 Å². The zero-order valence-electron chi connectivity index (χ0n) is 13.4. The van der Waals surface area contributed by atoms with E-state index in [-0.39, 0.29) is 24.3 Å². The average molecular weight is 325 g/mol. The van der Waals surface area contributed by atoms with Crippen molar-refractivity contribution in [2.24, 2.45) is 0 Å². The van der Waals surface area contributed by atoms with E-state index in [2.05, 4.69) is 10.3 Å². The Morgan fingerprint density at radius 2 is 2.25 bits per heavy atom. The van der Waals surface area contributed by atoms with Crippen LogP contribution in [0.25, 0.3) is 0 Å². The van der Waals surface area contributed by atoms with Gasteiger partial charge < -0.3 is 15.0 Å². The van der Waals surface area contributed by atoms with Gasteiger partial charge in [-0.05, 0) is 23.8 Å². The average Bonchev–Trinajstić information content (AvgIpc) is 2.96. The lowest BCUT2D eigenvalue weighted by molar-refractivity contribution is -0.121. The summed E-state index contributed by atoms with van der Waals surface area (Å²) in [5, 5.41) is 2.93. The van der Waals surface area contributed by atoms with Gasteiger partial charge >= 0.3 is 0 Å². The maximum absolute atomic E-state index is 12.2. The van der Waals surface area contributed by atoms with Crippen LogP contribution in [0, 0.1) is 0 Å². The van der Waals surface area contributed by atoms with Crippen molar-refractivity contribution in [3.8, 4) is 5.75 Å². The maximum atomic E-state index is 12.2. The summed E-state index contributed by atoms with van der Waals surface area (Å²) in [6.07, 6.45) is 3.90. The van der Waals surface area contributed by atoms with E-state index in [0.717, 1.165) is 11.3 Å². The maximum Gasteiger partial charge on any atom is 0.229 e. The van der Waals surface area contributed by atoms with Crippen molar-refractivity contribution in [1.29, 1.82) is 0 Å². The Balaban J connectivity index is 1.61. The third-order valence-electron chi connectivity index (χ3n) is 3.94. The monoisotopic (exact) mass is 325 g/mol. The van der Waals surface area contributed by atoms with Crippen LogP contribution in [-0.4, -0.2) is 36.5 Å². The van der Waals surface area contributed by atoms with Gasteiger partial charge in [0.1, 0.15) is 5.75 Å². The summed E-state index contributed by atoms with van der Waals surface area (Å²) in [7, 11) is 1.59. The van der Waals surface area contributed by atoms with Crippen molar-refractivity contribution >= 4 is 17.5 Å². The number of hydrogen-bond donors (Lipinski definition) is 1. The van der Waals surface area contributed by atoms with Gasteiger partial charge in [-0.15, -0.1) is 0 Å². The lowest BCUT2D eigenvalue weighted by Crippen LogP contribution is -2.38. The van der Waals surface area contributed by atoms with Crippen molar-refractivity contribution in [2.45, 2.75) is 18.9 Å². The Morgan fingerprint density at radius 3 is 3.00 bits per heavy atom. The van der Waals surface area contributed by atoms with Gasteiger partial charge in [-0.25, -0.2) is 0 Å². The molecule has 6 nitrogen and oxygen atoms in total. The molecular weight excluding hydrogens is 306 g/mol. The second kappa shape index (κ2) is 7.12. The second-order valence-corrected chi connectivity index (χ2v) is 5.71. The molecule has 1 atom stereocenters. The summed E-state index contributed by atoms with van der Waals surface area (Å²) in [6, 6.07) is 10.8. The van der Waals surface area contributed by atoms with Gasteiger partial charge in [0, 0.05) is 37.1 Å². The first-order chi connectivity index (χ1) is 11.7. The number of nitrogens with one attached hydrogen (secondary N) is 1. The quantitative estimate of drug-likeness (QED) is 0.905. The molecule has 1 aromatic heterocycles. The van der Waals surface area contributed by atoms with Gasteiger partial charge in [-0.1, -0.05) is 12.1 Å². The Hall–Kier alpha value is -2.89. The third kappa shape index (κ3) is 3.71. The smallest absolute Gasteiger partial charge is 0.229 e. The molecule has 1 aliphatic rings. The molecule has 6 heteroatoms. The Labute approximate surface area is 140 Å². The predicted octanol–water partition coefficient (Wildman–Crippen LogP) is 1.55. The van der Waals surface area contributed by atoms with Crippen LogP contribution >= 0.6 is 0 Å². The highest BCUT2D eigenvalue weighted by Gasteiger charge is 2.31. The number of pyridine rings is 1. The summed E-state index contributed by atoms with van der Waals surface area (Å²) >= 11 is 0. The molecule has 0 aliphatic carbocycles. The van der Waals surface area contributed by atoms with E-state index >= 15 is 0 Å². The fraction of sp³-hybridized carbons (Fsp3) is 0.278. The highest BCUT2D eigenvalue weighted by atomic mass is 16.5.